The molecule has 5 nitrogen and oxygen atoms in total. The third-order valence-corrected chi connectivity index (χ3v) is 2.67. The van der Waals surface area contributed by atoms with E-state index >= 15 is 0 Å². The van der Waals surface area contributed by atoms with Crippen LogP contribution in [0.1, 0.15) is 5.56 Å². The van der Waals surface area contributed by atoms with Gasteiger partial charge >= 0.3 is 5.69 Å². The fourth-order valence-electron chi connectivity index (χ4n) is 1.44. The van der Waals surface area contributed by atoms with E-state index in [0.29, 0.717) is 10.7 Å². The topological polar surface area (TPSA) is 80.9 Å². The summed E-state index contributed by atoms with van der Waals surface area (Å²) in [6.07, 6.45) is 1.42. The number of aromatic amines is 1. The van der Waals surface area contributed by atoms with Crippen LogP contribution < -0.4 is 17.0 Å². The van der Waals surface area contributed by atoms with E-state index in [1.54, 1.807) is 18.2 Å². The third-order valence-electron chi connectivity index (χ3n) is 2.31. The normalized spacial score (nSPS) is 10.4. The molecule has 88 valence electrons. The average Bonchev–Trinajstić information content (AvgIpc) is 2.25. The van der Waals surface area contributed by atoms with Gasteiger partial charge in [-0.3, -0.25) is 14.3 Å². The highest BCUT2D eigenvalue weighted by Gasteiger charge is 2.03. The summed E-state index contributed by atoms with van der Waals surface area (Å²) in [5, 5.41) is 0.489. The second-order valence-electron chi connectivity index (χ2n) is 3.59. The van der Waals surface area contributed by atoms with Crippen molar-refractivity contribution >= 4 is 17.3 Å². The molecule has 0 amide bonds. The molecule has 0 aliphatic heterocycles. The Kier molecular flexibility index (Phi) is 3.01. The Hall–Kier alpha value is -2.01. The number of aromatic nitrogens is 2. The fraction of sp³-hybridized carbons (Fsp3) is 0.0909. The highest BCUT2D eigenvalue weighted by molar-refractivity contribution is 6.31. The Labute approximate surface area is 101 Å². The van der Waals surface area contributed by atoms with Gasteiger partial charge in [0.1, 0.15) is 0 Å². The van der Waals surface area contributed by atoms with Crippen molar-refractivity contribution in [2.24, 2.45) is 0 Å². The van der Waals surface area contributed by atoms with Gasteiger partial charge in [-0.15, -0.1) is 0 Å². The summed E-state index contributed by atoms with van der Waals surface area (Å²) in [6.45, 7) is 0.286. The van der Waals surface area contributed by atoms with Crippen LogP contribution in [0.3, 0.4) is 0 Å². The molecule has 0 radical (unpaired) electrons. The minimum absolute atomic E-state index is 0.286. The molecule has 3 N–H and O–H groups in total. The molecule has 1 aromatic carbocycles. The molecule has 17 heavy (non-hydrogen) atoms. The second kappa shape index (κ2) is 4.47. The SMILES string of the molecule is Nc1ccc(Cn2ccc(=O)[nH]c2=O)c(Cl)c1. The summed E-state index contributed by atoms with van der Waals surface area (Å²) < 4.78 is 1.36. The molecule has 1 aromatic heterocycles. The zero-order chi connectivity index (χ0) is 12.4. The monoisotopic (exact) mass is 251 g/mol. The summed E-state index contributed by atoms with van der Waals surface area (Å²) >= 11 is 6.00. The van der Waals surface area contributed by atoms with Crippen molar-refractivity contribution in [2.45, 2.75) is 6.54 Å². The first-order valence-electron chi connectivity index (χ1n) is 4.90. The average molecular weight is 252 g/mol. The highest BCUT2D eigenvalue weighted by atomic mass is 35.5. The van der Waals surface area contributed by atoms with E-state index < -0.39 is 11.2 Å². The van der Waals surface area contributed by atoms with Gasteiger partial charge in [-0.05, 0) is 17.7 Å². The lowest BCUT2D eigenvalue weighted by atomic mass is 10.2. The van der Waals surface area contributed by atoms with Crippen molar-refractivity contribution in [3.8, 4) is 0 Å². The number of nitrogen functional groups attached to an aromatic ring is 1. The maximum atomic E-state index is 11.5. The van der Waals surface area contributed by atoms with E-state index in [9.17, 15) is 9.59 Å². The second-order valence-corrected chi connectivity index (χ2v) is 4.00. The Bertz CT molecular complexity index is 660. The molecule has 0 saturated heterocycles. The molecule has 0 fully saturated rings. The molecule has 0 aliphatic carbocycles. The van der Waals surface area contributed by atoms with Crippen molar-refractivity contribution < 1.29 is 0 Å². The number of nitrogens with one attached hydrogen (secondary N) is 1. The van der Waals surface area contributed by atoms with E-state index in [4.69, 9.17) is 17.3 Å². The maximum Gasteiger partial charge on any atom is 0.328 e. The standard InChI is InChI=1S/C11H10ClN3O2/c12-9-5-8(13)2-1-7(9)6-15-4-3-10(16)14-11(15)17/h1-5H,6,13H2,(H,14,16,17). The van der Waals surface area contributed by atoms with Crippen LogP contribution in [-0.2, 0) is 6.54 Å². The molecule has 1 heterocycles. The zero-order valence-electron chi connectivity index (χ0n) is 8.81. The number of halogens is 1. The smallest absolute Gasteiger partial charge is 0.328 e. The van der Waals surface area contributed by atoms with Gasteiger partial charge in [0, 0.05) is 23.0 Å². The molecule has 0 saturated carbocycles. The van der Waals surface area contributed by atoms with Gasteiger partial charge in [0.15, 0.2) is 0 Å². The number of nitrogens with zero attached hydrogens (tertiary/aromatic N) is 1. The quantitative estimate of drug-likeness (QED) is 0.776. The van der Waals surface area contributed by atoms with E-state index in [1.165, 1.54) is 16.8 Å². The van der Waals surface area contributed by atoms with Crippen LogP contribution in [0.4, 0.5) is 5.69 Å². The van der Waals surface area contributed by atoms with Crippen molar-refractivity contribution in [1.29, 1.82) is 0 Å². The molecule has 0 atom stereocenters. The van der Waals surface area contributed by atoms with Crippen LogP contribution in [0.25, 0.3) is 0 Å². The van der Waals surface area contributed by atoms with Crippen LogP contribution in [0.5, 0.6) is 0 Å². The van der Waals surface area contributed by atoms with Gasteiger partial charge in [0.2, 0.25) is 0 Å². The molecule has 6 heteroatoms. The Morgan fingerprint density at radius 2 is 2.06 bits per heavy atom. The highest BCUT2D eigenvalue weighted by Crippen LogP contribution is 2.19. The lowest BCUT2D eigenvalue weighted by Crippen LogP contribution is -2.28. The molecule has 0 spiro atoms. The first kappa shape index (κ1) is 11.5. The minimum atomic E-state index is -0.467. The Balaban J connectivity index is 2.38. The van der Waals surface area contributed by atoms with Gasteiger partial charge in [0.05, 0.1) is 6.54 Å². The van der Waals surface area contributed by atoms with E-state index in [2.05, 4.69) is 4.98 Å². The van der Waals surface area contributed by atoms with Crippen molar-refractivity contribution in [1.82, 2.24) is 9.55 Å². The van der Waals surface area contributed by atoms with Crippen LogP contribution in [0.2, 0.25) is 5.02 Å². The lowest BCUT2D eigenvalue weighted by Gasteiger charge is -2.07. The number of nitrogens with two attached hydrogens (primary N) is 1. The molecule has 0 bridgehead atoms. The Morgan fingerprint density at radius 3 is 2.71 bits per heavy atom. The minimum Gasteiger partial charge on any atom is -0.399 e. The number of hydrogen-bond donors (Lipinski definition) is 2. The molecule has 0 unspecified atom stereocenters. The van der Waals surface area contributed by atoms with Gasteiger partial charge in [-0.2, -0.15) is 0 Å². The van der Waals surface area contributed by atoms with Crippen LogP contribution in [0.15, 0.2) is 40.1 Å². The van der Waals surface area contributed by atoms with E-state index in [0.717, 1.165) is 5.56 Å². The zero-order valence-corrected chi connectivity index (χ0v) is 9.57. The largest absolute Gasteiger partial charge is 0.399 e. The summed E-state index contributed by atoms with van der Waals surface area (Å²) in [7, 11) is 0. The van der Waals surface area contributed by atoms with Crippen LogP contribution in [0, 0.1) is 0 Å². The molecule has 0 aliphatic rings. The fourth-order valence-corrected chi connectivity index (χ4v) is 1.69. The van der Waals surface area contributed by atoms with Gasteiger partial charge in [-0.25, -0.2) is 4.79 Å². The first-order valence-corrected chi connectivity index (χ1v) is 5.28. The van der Waals surface area contributed by atoms with Crippen molar-refractivity contribution in [2.75, 3.05) is 5.73 Å². The van der Waals surface area contributed by atoms with Crippen LogP contribution in [-0.4, -0.2) is 9.55 Å². The van der Waals surface area contributed by atoms with E-state index in [-0.39, 0.29) is 6.54 Å². The molecular formula is C11H10ClN3O2. The predicted octanol–water partition coefficient (Wildman–Crippen LogP) is 0.821. The number of hydrogen-bond acceptors (Lipinski definition) is 3. The van der Waals surface area contributed by atoms with Crippen molar-refractivity contribution in [3.05, 3.63) is 61.9 Å². The number of benzene rings is 1. The predicted molar refractivity (Wildman–Crippen MR) is 66.3 cm³/mol. The molecular weight excluding hydrogens is 242 g/mol. The summed E-state index contributed by atoms with van der Waals surface area (Å²) in [4.78, 5) is 24.5. The lowest BCUT2D eigenvalue weighted by molar-refractivity contribution is 0.721. The maximum absolute atomic E-state index is 11.5. The first-order chi connectivity index (χ1) is 8.06. The summed E-state index contributed by atoms with van der Waals surface area (Å²) in [6, 6.07) is 6.35. The van der Waals surface area contributed by atoms with Crippen molar-refractivity contribution in [3.63, 3.8) is 0 Å². The van der Waals surface area contributed by atoms with Gasteiger partial charge in [-0.1, -0.05) is 17.7 Å². The summed E-state index contributed by atoms with van der Waals surface area (Å²) in [5.41, 5.74) is 6.00. The molecule has 2 rings (SSSR count). The molecule has 2 aromatic rings. The van der Waals surface area contributed by atoms with Gasteiger partial charge < -0.3 is 5.73 Å². The summed E-state index contributed by atoms with van der Waals surface area (Å²) in [5.74, 6) is 0. The third kappa shape index (κ3) is 2.57. The van der Waals surface area contributed by atoms with Crippen LogP contribution >= 0.6 is 11.6 Å². The number of rotatable bonds is 2. The number of H-pyrrole nitrogens is 1. The Morgan fingerprint density at radius 1 is 1.29 bits per heavy atom. The number of anilines is 1. The van der Waals surface area contributed by atoms with Gasteiger partial charge in [0.25, 0.3) is 5.56 Å². The van der Waals surface area contributed by atoms with E-state index in [1.807, 2.05) is 0 Å².